The monoisotopic (exact) mass is 365 g/mol. The van der Waals surface area contributed by atoms with E-state index in [2.05, 4.69) is 9.97 Å². The maximum absolute atomic E-state index is 12.7. The van der Waals surface area contributed by atoms with Crippen LogP contribution < -0.4 is 4.90 Å². The van der Waals surface area contributed by atoms with Gasteiger partial charge in [0.15, 0.2) is 5.82 Å². The van der Waals surface area contributed by atoms with Crippen molar-refractivity contribution < 1.29 is 22.7 Å². The number of aromatic nitrogens is 2. The van der Waals surface area contributed by atoms with Gasteiger partial charge in [-0.15, -0.1) is 0 Å². The predicted octanol–water partition coefficient (Wildman–Crippen LogP) is 3.48. The first-order valence-corrected chi connectivity index (χ1v) is 8.18. The number of anilines is 1. The summed E-state index contributed by atoms with van der Waals surface area (Å²) in [6, 6.07) is 6.53. The number of nitrogens with zero attached hydrogens (tertiary/aromatic N) is 3. The lowest BCUT2D eigenvalue weighted by Crippen LogP contribution is -2.34. The van der Waals surface area contributed by atoms with Gasteiger partial charge in [-0.25, -0.2) is 9.97 Å². The first-order valence-electron chi connectivity index (χ1n) is 8.18. The van der Waals surface area contributed by atoms with Gasteiger partial charge in [0.05, 0.1) is 17.9 Å². The van der Waals surface area contributed by atoms with Crippen LogP contribution in [0.25, 0.3) is 11.4 Å². The molecule has 1 fully saturated rings. The molecule has 1 aromatic carbocycles. The molecule has 26 heavy (non-hydrogen) atoms. The molecule has 0 radical (unpaired) electrons. The summed E-state index contributed by atoms with van der Waals surface area (Å²) in [5.74, 6) is 1.20. The summed E-state index contributed by atoms with van der Waals surface area (Å²) < 4.78 is 43.4. The molecule has 5 nitrogen and oxygen atoms in total. The van der Waals surface area contributed by atoms with Gasteiger partial charge in [-0.1, -0.05) is 12.1 Å². The van der Waals surface area contributed by atoms with E-state index in [1.807, 2.05) is 4.90 Å². The van der Waals surface area contributed by atoms with Crippen molar-refractivity contribution >= 4 is 11.6 Å². The molecule has 2 heterocycles. The molecule has 0 N–H and O–H groups in total. The Hall–Kier alpha value is -2.48. The molecule has 1 saturated heterocycles. The standard InChI is InChI=1S/C18H18F3N3O2/c1-26-11-14-10-16(24-8-6-15(25)7-9-24)23-17(22-14)12-2-4-13(5-3-12)18(19,20)21/h2-5,10H,6-9,11H2,1H3. The number of Topliss-reactive ketones (excluding diaryl/α,β-unsaturated/α-hetero) is 1. The summed E-state index contributed by atoms with van der Waals surface area (Å²) in [7, 11) is 1.54. The van der Waals surface area contributed by atoms with Crippen molar-refractivity contribution in [3.8, 4) is 11.4 Å². The number of carbonyl (C=O) groups is 1. The fraction of sp³-hybridized carbons (Fsp3) is 0.389. The molecule has 0 saturated carbocycles. The highest BCUT2D eigenvalue weighted by Gasteiger charge is 2.30. The summed E-state index contributed by atoms with van der Waals surface area (Å²) in [6.45, 7) is 1.39. The van der Waals surface area contributed by atoms with Crippen molar-refractivity contribution in [2.45, 2.75) is 25.6 Å². The molecule has 0 unspecified atom stereocenters. The van der Waals surface area contributed by atoms with E-state index in [1.54, 1.807) is 13.2 Å². The number of ketones is 1. The molecular formula is C18H18F3N3O2. The fourth-order valence-electron chi connectivity index (χ4n) is 2.79. The quantitative estimate of drug-likeness (QED) is 0.830. The SMILES string of the molecule is COCc1cc(N2CCC(=O)CC2)nc(-c2ccc(C(F)(F)F)cc2)n1. The van der Waals surface area contributed by atoms with Crippen molar-refractivity contribution in [3.63, 3.8) is 0 Å². The van der Waals surface area contributed by atoms with Crippen LogP contribution in [0.4, 0.5) is 19.0 Å². The van der Waals surface area contributed by atoms with E-state index in [0.717, 1.165) is 12.1 Å². The highest BCUT2D eigenvalue weighted by Crippen LogP contribution is 2.31. The first-order chi connectivity index (χ1) is 12.4. The maximum atomic E-state index is 12.7. The van der Waals surface area contributed by atoms with E-state index in [-0.39, 0.29) is 12.4 Å². The molecule has 8 heteroatoms. The molecule has 0 amide bonds. The Morgan fingerprint density at radius 3 is 2.35 bits per heavy atom. The Labute approximate surface area is 148 Å². The van der Waals surface area contributed by atoms with Gasteiger partial charge in [-0.3, -0.25) is 4.79 Å². The lowest BCUT2D eigenvalue weighted by Gasteiger charge is -2.27. The lowest BCUT2D eigenvalue weighted by molar-refractivity contribution is -0.137. The summed E-state index contributed by atoms with van der Waals surface area (Å²) >= 11 is 0. The minimum atomic E-state index is -4.39. The van der Waals surface area contributed by atoms with E-state index in [0.29, 0.717) is 48.8 Å². The molecular weight excluding hydrogens is 347 g/mol. The van der Waals surface area contributed by atoms with Gasteiger partial charge >= 0.3 is 6.18 Å². The zero-order valence-electron chi connectivity index (χ0n) is 14.2. The number of hydrogen-bond acceptors (Lipinski definition) is 5. The Kier molecular flexibility index (Phi) is 5.22. The maximum Gasteiger partial charge on any atom is 0.416 e. The fourth-order valence-corrected chi connectivity index (χ4v) is 2.79. The highest BCUT2D eigenvalue weighted by molar-refractivity contribution is 5.80. The van der Waals surface area contributed by atoms with Crippen LogP contribution in [0.5, 0.6) is 0 Å². The second-order valence-electron chi connectivity index (χ2n) is 6.07. The molecule has 1 aliphatic heterocycles. The van der Waals surface area contributed by atoms with Crippen LogP contribution in [-0.2, 0) is 22.3 Å². The zero-order valence-corrected chi connectivity index (χ0v) is 14.2. The minimum absolute atomic E-state index is 0.218. The molecule has 3 rings (SSSR count). The van der Waals surface area contributed by atoms with Gasteiger partial charge in [0.25, 0.3) is 0 Å². The third-order valence-corrected chi connectivity index (χ3v) is 4.17. The Morgan fingerprint density at radius 1 is 1.12 bits per heavy atom. The average Bonchev–Trinajstić information content (AvgIpc) is 2.62. The average molecular weight is 365 g/mol. The number of carbonyl (C=O) groups excluding carboxylic acids is 1. The van der Waals surface area contributed by atoms with Crippen LogP contribution in [0.1, 0.15) is 24.1 Å². The number of piperidine rings is 1. The zero-order chi connectivity index (χ0) is 18.7. The smallest absolute Gasteiger partial charge is 0.378 e. The third kappa shape index (κ3) is 4.19. The first kappa shape index (κ1) is 18.3. The van der Waals surface area contributed by atoms with Crippen LogP contribution >= 0.6 is 0 Å². The van der Waals surface area contributed by atoms with Crippen molar-refractivity contribution in [1.29, 1.82) is 0 Å². The number of hydrogen-bond donors (Lipinski definition) is 0. The molecule has 1 aromatic heterocycles. The van der Waals surface area contributed by atoms with Gasteiger partial charge < -0.3 is 9.64 Å². The number of halogens is 3. The molecule has 2 aromatic rings. The summed E-state index contributed by atoms with van der Waals surface area (Å²) in [6.07, 6.45) is -3.47. The third-order valence-electron chi connectivity index (χ3n) is 4.17. The van der Waals surface area contributed by atoms with Crippen molar-refractivity contribution in [3.05, 3.63) is 41.6 Å². The Bertz CT molecular complexity index is 781. The van der Waals surface area contributed by atoms with E-state index in [1.165, 1.54) is 12.1 Å². The molecule has 0 aliphatic carbocycles. The van der Waals surface area contributed by atoms with Gasteiger partial charge in [0.2, 0.25) is 0 Å². The number of benzene rings is 1. The van der Waals surface area contributed by atoms with Crippen molar-refractivity contribution in [2.75, 3.05) is 25.1 Å². The topological polar surface area (TPSA) is 55.3 Å². The van der Waals surface area contributed by atoms with E-state index in [4.69, 9.17) is 4.74 Å². The molecule has 0 atom stereocenters. The minimum Gasteiger partial charge on any atom is -0.378 e. The van der Waals surface area contributed by atoms with Crippen LogP contribution in [0.3, 0.4) is 0 Å². The Morgan fingerprint density at radius 2 is 1.77 bits per heavy atom. The van der Waals surface area contributed by atoms with Gasteiger partial charge in [0.1, 0.15) is 11.6 Å². The lowest BCUT2D eigenvalue weighted by atomic mass is 10.1. The largest absolute Gasteiger partial charge is 0.416 e. The highest BCUT2D eigenvalue weighted by atomic mass is 19.4. The van der Waals surface area contributed by atoms with Gasteiger partial charge in [0, 0.05) is 44.7 Å². The number of methoxy groups -OCH3 is 1. The van der Waals surface area contributed by atoms with Crippen molar-refractivity contribution in [2.24, 2.45) is 0 Å². The summed E-state index contributed by atoms with van der Waals surface area (Å²) in [5.41, 5.74) is 0.402. The predicted molar refractivity (Wildman–Crippen MR) is 89.6 cm³/mol. The summed E-state index contributed by atoms with van der Waals surface area (Å²) in [4.78, 5) is 22.3. The van der Waals surface area contributed by atoms with Gasteiger partial charge in [-0.05, 0) is 12.1 Å². The number of ether oxygens (including phenoxy) is 1. The van der Waals surface area contributed by atoms with E-state index >= 15 is 0 Å². The van der Waals surface area contributed by atoms with Gasteiger partial charge in [-0.2, -0.15) is 13.2 Å². The molecule has 0 spiro atoms. The van der Waals surface area contributed by atoms with E-state index < -0.39 is 11.7 Å². The van der Waals surface area contributed by atoms with Crippen LogP contribution in [0, 0.1) is 0 Å². The number of alkyl halides is 3. The molecule has 138 valence electrons. The van der Waals surface area contributed by atoms with Crippen LogP contribution in [0.2, 0.25) is 0 Å². The summed E-state index contributed by atoms with van der Waals surface area (Å²) in [5, 5.41) is 0. The van der Waals surface area contributed by atoms with Crippen LogP contribution in [0.15, 0.2) is 30.3 Å². The number of rotatable bonds is 4. The molecule has 0 bridgehead atoms. The normalized spacial score (nSPS) is 15.4. The Balaban J connectivity index is 1.94. The van der Waals surface area contributed by atoms with E-state index in [9.17, 15) is 18.0 Å². The second-order valence-corrected chi connectivity index (χ2v) is 6.07. The molecule has 1 aliphatic rings. The van der Waals surface area contributed by atoms with Crippen LogP contribution in [-0.4, -0.2) is 36.0 Å². The van der Waals surface area contributed by atoms with Crippen molar-refractivity contribution in [1.82, 2.24) is 9.97 Å². The second kappa shape index (κ2) is 7.41.